The Labute approximate surface area is 132 Å². The Balaban J connectivity index is 2.37. The van der Waals surface area contributed by atoms with Crippen LogP contribution in [0.4, 0.5) is 0 Å². The standard InChI is InChI=1S/C14H12Cl3NO2/c1-3-8-4-5-11(12(6-8)19-2)20-14-10(16)7-9(15)13(17)18-14/h4-7H,3H2,1-2H3. The van der Waals surface area contributed by atoms with Crippen molar-refractivity contribution in [3.05, 3.63) is 45.0 Å². The molecule has 2 aromatic rings. The van der Waals surface area contributed by atoms with E-state index in [1.807, 2.05) is 12.1 Å². The average Bonchev–Trinajstić information content (AvgIpc) is 2.45. The first-order valence-corrected chi connectivity index (χ1v) is 7.04. The van der Waals surface area contributed by atoms with Crippen molar-refractivity contribution in [3.8, 4) is 17.4 Å². The predicted molar refractivity (Wildman–Crippen MR) is 81.7 cm³/mol. The van der Waals surface area contributed by atoms with Crippen LogP contribution in [-0.2, 0) is 6.42 Å². The number of benzene rings is 1. The summed E-state index contributed by atoms with van der Waals surface area (Å²) in [4.78, 5) is 4.01. The van der Waals surface area contributed by atoms with E-state index in [1.165, 1.54) is 6.07 Å². The Bertz CT molecular complexity index is 632. The van der Waals surface area contributed by atoms with Crippen molar-refractivity contribution in [3.63, 3.8) is 0 Å². The smallest absolute Gasteiger partial charge is 0.239 e. The Morgan fingerprint density at radius 1 is 1.05 bits per heavy atom. The van der Waals surface area contributed by atoms with Gasteiger partial charge in [-0.15, -0.1) is 0 Å². The molecule has 1 aromatic carbocycles. The molecular formula is C14H12Cl3NO2. The van der Waals surface area contributed by atoms with Crippen LogP contribution in [0, 0.1) is 0 Å². The summed E-state index contributed by atoms with van der Waals surface area (Å²) >= 11 is 17.7. The molecule has 0 unspecified atom stereocenters. The highest BCUT2D eigenvalue weighted by atomic mass is 35.5. The van der Waals surface area contributed by atoms with Crippen LogP contribution >= 0.6 is 34.8 Å². The van der Waals surface area contributed by atoms with Crippen molar-refractivity contribution in [2.24, 2.45) is 0 Å². The predicted octanol–water partition coefficient (Wildman–Crippen LogP) is 5.41. The number of methoxy groups -OCH3 is 1. The average molecular weight is 333 g/mol. The molecule has 6 heteroatoms. The van der Waals surface area contributed by atoms with Gasteiger partial charge in [-0.05, 0) is 30.2 Å². The molecule has 0 aliphatic rings. The van der Waals surface area contributed by atoms with Gasteiger partial charge in [0.1, 0.15) is 5.02 Å². The van der Waals surface area contributed by atoms with Crippen molar-refractivity contribution in [2.45, 2.75) is 13.3 Å². The maximum atomic E-state index is 6.03. The van der Waals surface area contributed by atoms with Crippen LogP contribution in [-0.4, -0.2) is 12.1 Å². The summed E-state index contributed by atoms with van der Waals surface area (Å²) in [6, 6.07) is 7.14. The molecule has 2 rings (SSSR count). The van der Waals surface area contributed by atoms with Crippen molar-refractivity contribution in [1.29, 1.82) is 0 Å². The molecular weight excluding hydrogens is 321 g/mol. The first kappa shape index (κ1) is 15.2. The number of rotatable bonds is 4. The quantitative estimate of drug-likeness (QED) is 0.702. The summed E-state index contributed by atoms with van der Waals surface area (Å²) in [6.07, 6.45) is 0.905. The van der Waals surface area contributed by atoms with E-state index < -0.39 is 0 Å². The van der Waals surface area contributed by atoms with E-state index in [0.29, 0.717) is 11.5 Å². The van der Waals surface area contributed by atoms with Gasteiger partial charge in [-0.25, -0.2) is 0 Å². The minimum absolute atomic E-state index is 0.134. The van der Waals surface area contributed by atoms with E-state index >= 15 is 0 Å². The number of hydrogen-bond acceptors (Lipinski definition) is 3. The van der Waals surface area contributed by atoms with Crippen molar-refractivity contribution in [2.75, 3.05) is 7.11 Å². The summed E-state index contributed by atoms with van der Waals surface area (Å²) < 4.78 is 11.0. The molecule has 0 aliphatic heterocycles. The summed E-state index contributed by atoms with van der Waals surface area (Å²) in [7, 11) is 1.57. The third-order valence-electron chi connectivity index (χ3n) is 2.70. The van der Waals surface area contributed by atoms with Crippen LogP contribution in [0.3, 0.4) is 0 Å². The molecule has 0 radical (unpaired) electrons. The van der Waals surface area contributed by atoms with Gasteiger partial charge in [0.15, 0.2) is 16.7 Å². The molecule has 0 aliphatic carbocycles. The Morgan fingerprint density at radius 3 is 2.45 bits per heavy atom. The molecule has 0 spiro atoms. The van der Waals surface area contributed by atoms with Gasteiger partial charge >= 0.3 is 0 Å². The Kier molecular flexibility index (Phi) is 4.97. The second kappa shape index (κ2) is 6.53. The van der Waals surface area contributed by atoms with Crippen LogP contribution in [0.15, 0.2) is 24.3 Å². The van der Waals surface area contributed by atoms with Gasteiger partial charge in [-0.2, -0.15) is 4.98 Å². The molecule has 0 bridgehead atoms. The monoisotopic (exact) mass is 331 g/mol. The number of nitrogens with zero attached hydrogens (tertiary/aromatic N) is 1. The molecule has 0 saturated carbocycles. The zero-order chi connectivity index (χ0) is 14.7. The highest BCUT2D eigenvalue weighted by Crippen LogP contribution is 2.37. The molecule has 20 heavy (non-hydrogen) atoms. The molecule has 1 aromatic heterocycles. The van der Waals surface area contributed by atoms with E-state index in [1.54, 1.807) is 13.2 Å². The van der Waals surface area contributed by atoms with Gasteiger partial charge < -0.3 is 9.47 Å². The largest absolute Gasteiger partial charge is 0.493 e. The van der Waals surface area contributed by atoms with E-state index in [2.05, 4.69) is 11.9 Å². The highest BCUT2D eigenvalue weighted by molar-refractivity contribution is 6.42. The Morgan fingerprint density at radius 2 is 1.80 bits per heavy atom. The van der Waals surface area contributed by atoms with E-state index in [0.717, 1.165) is 12.0 Å². The molecule has 0 fully saturated rings. The van der Waals surface area contributed by atoms with Crippen LogP contribution in [0.2, 0.25) is 15.2 Å². The molecule has 0 saturated heterocycles. The normalized spacial score (nSPS) is 10.4. The van der Waals surface area contributed by atoms with Crippen molar-refractivity contribution < 1.29 is 9.47 Å². The number of hydrogen-bond donors (Lipinski definition) is 0. The van der Waals surface area contributed by atoms with Gasteiger partial charge in [-0.3, -0.25) is 0 Å². The van der Waals surface area contributed by atoms with Gasteiger partial charge in [-0.1, -0.05) is 47.8 Å². The summed E-state index contributed by atoms with van der Waals surface area (Å²) in [5.41, 5.74) is 1.14. The molecule has 0 amide bonds. The van der Waals surface area contributed by atoms with Gasteiger partial charge in [0.25, 0.3) is 0 Å². The van der Waals surface area contributed by atoms with Crippen molar-refractivity contribution in [1.82, 2.24) is 4.98 Å². The lowest BCUT2D eigenvalue weighted by atomic mass is 10.1. The van der Waals surface area contributed by atoms with Crippen molar-refractivity contribution >= 4 is 34.8 Å². The van der Waals surface area contributed by atoms with E-state index in [9.17, 15) is 0 Å². The number of ether oxygens (including phenoxy) is 2. The minimum Gasteiger partial charge on any atom is -0.493 e. The molecule has 0 atom stereocenters. The van der Waals surface area contributed by atoms with E-state index in [4.69, 9.17) is 44.3 Å². The zero-order valence-electron chi connectivity index (χ0n) is 10.9. The fourth-order valence-electron chi connectivity index (χ4n) is 1.62. The third kappa shape index (κ3) is 3.29. The Hall–Kier alpha value is -1.16. The topological polar surface area (TPSA) is 31.4 Å². The second-order valence-electron chi connectivity index (χ2n) is 3.99. The van der Waals surface area contributed by atoms with Gasteiger partial charge in [0, 0.05) is 0 Å². The SMILES string of the molecule is CCc1ccc(Oc2nc(Cl)c(Cl)cc2Cl)c(OC)c1. The van der Waals surface area contributed by atoms with Gasteiger partial charge in [0.05, 0.1) is 12.1 Å². The lowest BCUT2D eigenvalue weighted by Gasteiger charge is -2.12. The number of aryl methyl sites for hydroxylation is 1. The van der Waals surface area contributed by atoms with Crippen LogP contribution in [0.1, 0.15) is 12.5 Å². The molecule has 106 valence electrons. The number of pyridine rings is 1. The summed E-state index contributed by atoms with van der Waals surface area (Å²) in [6.45, 7) is 2.06. The lowest BCUT2D eigenvalue weighted by Crippen LogP contribution is -1.94. The highest BCUT2D eigenvalue weighted by Gasteiger charge is 2.13. The van der Waals surface area contributed by atoms with Crippen LogP contribution in [0.25, 0.3) is 0 Å². The first-order valence-electron chi connectivity index (χ1n) is 5.91. The molecule has 0 N–H and O–H groups in total. The third-order valence-corrected chi connectivity index (χ3v) is 3.64. The number of halogens is 3. The molecule has 1 heterocycles. The fourth-order valence-corrected chi connectivity index (χ4v) is 2.15. The maximum absolute atomic E-state index is 6.03. The number of aromatic nitrogens is 1. The molecule has 3 nitrogen and oxygen atoms in total. The second-order valence-corrected chi connectivity index (χ2v) is 5.16. The lowest BCUT2D eigenvalue weighted by molar-refractivity contribution is 0.374. The van der Waals surface area contributed by atoms with Crippen LogP contribution in [0.5, 0.6) is 17.4 Å². The summed E-state index contributed by atoms with van der Waals surface area (Å²) in [5, 5.41) is 0.688. The summed E-state index contributed by atoms with van der Waals surface area (Å²) in [5.74, 6) is 1.30. The fraction of sp³-hybridized carbons (Fsp3) is 0.214. The zero-order valence-corrected chi connectivity index (χ0v) is 13.2. The van der Waals surface area contributed by atoms with Gasteiger partial charge in [0.2, 0.25) is 5.88 Å². The maximum Gasteiger partial charge on any atom is 0.239 e. The first-order chi connectivity index (χ1) is 9.55. The van der Waals surface area contributed by atoms with E-state index in [-0.39, 0.29) is 21.1 Å². The minimum atomic E-state index is 0.134. The van der Waals surface area contributed by atoms with Crippen LogP contribution < -0.4 is 9.47 Å².